The minimum Gasteiger partial charge on any atom is -0.394 e. The third kappa shape index (κ3) is 2.66. The van der Waals surface area contributed by atoms with E-state index < -0.39 is 0 Å². The third-order valence-corrected chi connectivity index (χ3v) is 5.28. The lowest BCUT2D eigenvalue weighted by molar-refractivity contribution is -0.164. The van der Waals surface area contributed by atoms with Crippen molar-refractivity contribution in [3.8, 4) is 0 Å². The number of amides is 2. The number of aliphatic hydroxyl groups excluding tert-OH is 1. The summed E-state index contributed by atoms with van der Waals surface area (Å²) in [6, 6.07) is -0.172. The summed E-state index contributed by atoms with van der Waals surface area (Å²) >= 11 is 0. The quantitative estimate of drug-likeness (QED) is 0.783. The number of nitrogens with one attached hydrogen (secondary N) is 1. The molecule has 5 nitrogen and oxygen atoms in total. The minimum atomic E-state index is -0.179. The highest BCUT2D eigenvalue weighted by atomic mass is 16.5. The SMILES string of the molecule is CCC1(CC)C(NC(=O)N(C)C(C)CO)C(C)C1OC. The number of carbonyl (C=O) groups is 1. The van der Waals surface area contributed by atoms with Crippen molar-refractivity contribution in [1.82, 2.24) is 10.2 Å². The van der Waals surface area contributed by atoms with Gasteiger partial charge in [0.15, 0.2) is 0 Å². The highest BCUT2D eigenvalue weighted by molar-refractivity contribution is 5.75. The Bertz CT molecular complexity index is 331. The van der Waals surface area contributed by atoms with E-state index in [4.69, 9.17) is 9.84 Å². The van der Waals surface area contributed by atoms with Crippen molar-refractivity contribution in [3.63, 3.8) is 0 Å². The van der Waals surface area contributed by atoms with Crippen LogP contribution in [0, 0.1) is 11.3 Å². The van der Waals surface area contributed by atoms with Crippen molar-refractivity contribution in [1.29, 1.82) is 0 Å². The average molecular weight is 286 g/mol. The molecule has 0 radical (unpaired) electrons. The Morgan fingerprint density at radius 2 is 2.00 bits per heavy atom. The lowest BCUT2D eigenvalue weighted by Gasteiger charge is -2.59. The highest BCUT2D eigenvalue weighted by Gasteiger charge is 2.59. The predicted molar refractivity (Wildman–Crippen MR) is 79.6 cm³/mol. The number of urea groups is 1. The summed E-state index contributed by atoms with van der Waals surface area (Å²) in [6.45, 7) is 8.23. The van der Waals surface area contributed by atoms with E-state index >= 15 is 0 Å². The Labute approximate surface area is 122 Å². The summed E-state index contributed by atoms with van der Waals surface area (Å²) < 4.78 is 5.63. The Kier molecular flexibility index (Phi) is 5.83. The zero-order valence-electron chi connectivity index (χ0n) is 13.6. The lowest BCUT2D eigenvalue weighted by atomic mass is 9.53. The van der Waals surface area contributed by atoms with Crippen molar-refractivity contribution >= 4 is 6.03 Å². The maximum Gasteiger partial charge on any atom is 0.317 e. The van der Waals surface area contributed by atoms with E-state index in [0.717, 1.165) is 12.8 Å². The Morgan fingerprint density at radius 1 is 1.45 bits per heavy atom. The predicted octanol–water partition coefficient (Wildman–Crippen LogP) is 1.85. The van der Waals surface area contributed by atoms with E-state index in [9.17, 15) is 4.79 Å². The van der Waals surface area contributed by atoms with E-state index in [2.05, 4.69) is 26.1 Å². The van der Waals surface area contributed by atoms with Gasteiger partial charge in [-0.1, -0.05) is 20.8 Å². The fourth-order valence-electron chi connectivity index (χ4n) is 3.65. The van der Waals surface area contributed by atoms with Gasteiger partial charge in [-0.25, -0.2) is 4.79 Å². The van der Waals surface area contributed by atoms with Crippen LogP contribution in [0.4, 0.5) is 4.79 Å². The maximum atomic E-state index is 12.3. The van der Waals surface area contributed by atoms with Gasteiger partial charge >= 0.3 is 6.03 Å². The molecule has 4 unspecified atom stereocenters. The van der Waals surface area contributed by atoms with E-state index in [1.807, 2.05) is 6.92 Å². The van der Waals surface area contributed by atoms with Crippen molar-refractivity contribution < 1.29 is 14.6 Å². The van der Waals surface area contributed by atoms with Gasteiger partial charge in [-0.3, -0.25) is 0 Å². The second kappa shape index (κ2) is 6.76. The van der Waals surface area contributed by atoms with Crippen molar-refractivity contribution in [2.24, 2.45) is 11.3 Å². The number of ether oxygens (including phenoxy) is 1. The second-order valence-electron chi connectivity index (χ2n) is 6.03. The molecule has 0 bridgehead atoms. The van der Waals surface area contributed by atoms with Crippen LogP contribution in [0.15, 0.2) is 0 Å². The van der Waals surface area contributed by atoms with Gasteiger partial charge in [0.25, 0.3) is 0 Å². The number of likely N-dealkylation sites (N-methyl/N-ethyl adjacent to an activating group) is 1. The molecule has 20 heavy (non-hydrogen) atoms. The van der Waals surface area contributed by atoms with Gasteiger partial charge in [0.05, 0.1) is 18.8 Å². The molecule has 2 N–H and O–H groups in total. The van der Waals surface area contributed by atoms with Crippen LogP contribution in [-0.2, 0) is 4.74 Å². The average Bonchev–Trinajstić information content (AvgIpc) is 2.47. The number of nitrogens with zero attached hydrogens (tertiary/aromatic N) is 1. The molecule has 4 atom stereocenters. The molecule has 2 amide bonds. The lowest BCUT2D eigenvalue weighted by Crippen LogP contribution is -2.71. The molecule has 1 fully saturated rings. The molecule has 0 aromatic heterocycles. The van der Waals surface area contributed by atoms with Gasteiger partial charge in [-0.15, -0.1) is 0 Å². The van der Waals surface area contributed by atoms with Crippen molar-refractivity contribution in [2.45, 2.75) is 58.7 Å². The number of carbonyl (C=O) groups excluding carboxylic acids is 1. The fraction of sp³-hybridized carbons (Fsp3) is 0.933. The van der Waals surface area contributed by atoms with E-state index in [0.29, 0.717) is 5.92 Å². The summed E-state index contributed by atoms with van der Waals surface area (Å²) in [5.41, 5.74) is 0.0210. The summed E-state index contributed by atoms with van der Waals surface area (Å²) in [4.78, 5) is 13.8. The van der Waals surface area contributed by atoms with Crippen LogP contribution < -0.4 is 5.32 Å². The molecule has 0 saturated heterocycles. The van der Waals surface area contributed by atoms with E-state index in [1.165, 1.54) is 0 Å². The molecular weight excluding hydrogens is 256 g/mol. The summed E-state index contributed by atoms with van der Waals surface area (Å²) in [5, 5.41) is 12.3. The molecule has 1 saturated carbocycles. The van der Waals surface area contributed by atoms with Crippen molar-refractivity contribution in [3.05, 3.63) is 0 Å². The third-order valence-electron chi connectivity index (χ3n) is 5.28. The van der Waals surface area contributed by atoms with Crippen LogP contribution in [0.3, 0.4) is 0 Å². The largest absolute Gasteiger partial charge is 0.394 e. The maximum absolute atomic E-state index is 12.3. The standard InChI is InChI=1S/C15H30N2O3/c1-7-15(8-2)12(11(4)13(15)20-6)16-14(19)17(5)10(3)9-18/h10-13,18H,7-9H2,1-6H3,(H,16,19). The van der Waals surface area contributed by atoms with E-state index in [1.54, 1.807) is 19.1 Å². The fourth-order valence-corrected chi connectivity index (χ4v) is 3.65. The highest BCUT2D eigenvalue weighted by Crippen LogP contribution is 2.52. The molecule has 0 aromatic rings. The van der Waals surface area contributed by atoms with Crippen LogP contribution in [-0.4, -0.2) is 55.0 Å². The zero-order valence-corrected chi connectivity index (χ0v) is 13.6. The van der Waals surface area contributed by atoms with Crippen LogP contribution in [0.25, 0.3) is 0 Å². The van der Waals surface area contributed by atoms with Crippen LogP contribution in [0.5, 0.6) is 0 Å². The number of methoxy groups -OCH3 is 1. The number of rotatable bonds is 6. The molecule has 5 heteroatoms. The summed E-state index contributed by atoms with van der Waals surface area (Å²) in [5.74, 6) is 0.307. The van der Waals surface area contributed by atoms with Crippen LogP contribution in [0.2, 0.25) is 0 Å². The molecule has 0 heterocycles. The first-order valence-corrected chi connectivity index (χ1v) is 7.56. The molecule has 0 aliphatic heterocycles. The Balaban J connectivity index is 2.78. The minimum absolute atomic E-state index is 0.0210. The van der Waals surface area contributed by atoms with E-state index in [-0.39, 0.29) is 36.2 Å². The smallest absolute Gasteiger partial charge is 0.317 e. The molecule has 1 aliphatic carbocycles. The Morgan fingerprint density at radius 3 is 2.40 bits per heavy atom. The topological polar surface area (TPSA) is 61.8 Å². The Hall–Kier alpha value is -0.810. The monoisotopic (exact) mass is 286 g/mol. The molecule has 1 aliphatic rings. The number of hydrogen-bond donors (Lipinski definition) is 2. The summed E-state index contributed by atoms with van der Waals surface area (Å²) in [7, 11) is 3.46. The number of aliphatic hydroxyl groups is 1. The second-order valence-corrected chi connectivity index (χ2v) is 6.03. The summed E-state index contributed by atoms with van der Waals surface area (Å²) in [6.07, 6.45) is 2.16. The van der Waals surface area contributed by atoms with Gasteiger partial charge in [-0.2, -0.15) is 0 Å². The molecule has 1 rings (SSSR count). The van der Waals surface area contributed by atoms with Gasteiger partial charge in [0.1, 0.15) is 0 Å². The zero-order chi connectivity index (χ0) is 15.5. The first-order chi connectivity index (χ1) is 9.39. The normalized spacial score (nSPS) is 29.4. The van der Waals surface area contributed by atoms with Gasteiger partial charge < -0.3 is 20.1 Å². The van der Waals surface area contributed by atoms with Gasteiger partial charge in [0.2, 0.25) is 0 Å². The first-order valence-electron chi connectivity index (χ1n) is 7.56. The first kappa shape index (κ1) is 17.2. The molecule has 118 valence electrons. The molecule has 0 aromatic carbocycles. The molecular formula is C15H30N2O3. The van der Waals surface area contributed by atoms with Gasteiger partial charge in [0, 0.05) is 31.5 Å². The van der Waals surface area contributed by atoms with Gasteiger partial charge in [-0.05, 0) is 19.8 Å². The van der Waals surface area contributed by atoms with Crippen LogP contribution >= 0.6 is 0 Å². The van der Waals surface area contributed by atoms with Crippen LogP contribution in [0.1, 0.15) is 40.5 Å². The molecule has 0 spiro atoms. The van der Waals surface area contributed by atoms with Crippen molar-refractivity contribution in [2.75, 3.05) is 20.8 Å². The number of hydrogen-bond acceptors (Lipinski definition) is 3.